The molecule has 1 aromatic heterocycles. The Labute approximate surface area is 107 Å². The summed E-state index contributed by atoms with van der Waals surface area (Å²) in [4.78, 5) is 11.1. The number of hydrogen-bond acceptors (Lipinski definition) is 5. The number of rotatable bonds is 3. The smallest absolute Gasteiger partial charge is 0.156 e. The Bertz CT molecular complexity index is 361. The summed E-state index contributed by atoms with van der Waals surface area (Å²) < 4.78 is 5.07. The fourth-order valence-corrected chi connectivity index (χ4v) is 3.02. The van der Waals surface area contributed by atoms with Crippen LogP contribution in [0.1, 0.15) is 19.2 Å². The van der Waals surface area contributed by atoms with E-state index in [4.69, 9.17) is 4.74 Å². The van der Waals surface area contributed by atoms with Crippen molar-refractivity contribution in [3.05, 3.63) is 18.1 Å². The molecule has 1 saturated heterocycles. The van der Waals surface area contributed by atoms with Gasteiger partial charge in [-0.2, -0.15) is 11.8 Å². The van der Waals surface area contributed by atoms with Crippen LogP contribution in [-0.4, -0.2) is 41.2 Å². The Balaban J connectivity index is 2.16. The van der Waals surface area contributed by atoms with E-state index in [1.54, 1.807) is 7.11 Å². The quantitative estimate of drug-likeness (QED) is 0.823. The van der Waals surface area contributed by atoms with Crippen molar-refractivity contribution < 1.29 is 4.74 Å². The van der Waals surface area contributed by atoms with E-state index in [0.29, 0.717) is 12.6 Å². The Hall–Kier alpha value is -0.810. The molecule has 0 bridgehead atoms. The van der Waals surface area contributed by atoms with Crippen molar-refractivity contribution in [3.63, 3.8) is 0 Å². The van der Waals surface area contributed by atoms with E-state index in [-0.39, 0.29) is 0 Å². The van der Waals surface area contributed by atoms with Crippen LogP contribution in [0.2, 0.25) is 0 Å². The van der Waals surface area contributed by atoms with Crippen LogP contribution >= 0.6 is 11.8 Å². The Morgan fingerprint density at radius 3 is 3.24 bits per heavy atom. The van der Waals surface area contributed by atoms with Crippen molar-refractivity contribution in [2.75, 3.05) is 30.1 Å². The van der Waals surface area contributed by atoms with Crippen molar-refractivity contribution >= 4 is 17.6 Å². The minimum absolute atomic E-state index is 0.477. The van der Waals surface area contributed by atoms with Gasteiger partial charge in [0.2, 0.25) is 0 Å². The SMILES string of the molecule is COCc1nccc(N2CCSCCC2C)n1. The number of ether oxygens (including phenoxy) is 1. The average Bonchev–Trinajstić information content (AvgIpc) is 2.55. The Morgan fingerprint density at radius 1 is 1.53 bits per heavy atom. The highest BCUT2D eigenvalue weighted by Gasteiger charge is 2.18. The average molecular weight is 253 g/mol. The van der Waals surface area contributed by atoms with Gasteiger partial charge in [0.15, 0.2) is 5.82 Å². The third kappa shape index (κ3) is 3.33. The lowest BCUT2D eigenvalue weighted by molar-refractivity contribution is 0.178. The molecule has 2 heterocycles. The summed E-state index contributed by atoms with van der Waals surface area (Å²) in [5.74, 6) is 4.21. The molecule has 1 aromatic rings. The second-order valence-corrected chi connectivity index (χ2v) is 5.43. The molecule has 5 heteroatoms. The molecule has 0 amide bonds. The van der Waals surface area contributed by atoms with E-state index in [1.165, 1.54) is 17.9 Å². The molecule has 1 atom stereocenters. The van der Waals surface area contributed by atoms with Crippen LogP contribution < -0.4 is 4.90 Å². The molecule has 0 spiro atoms. The lowest BCUT2D eigenvalue weighted by atomic mass is 10.2. The standard InChI is InChI=1S/C12H19N3OS/c1-10-4-7-17-8-6-15(10)12-3-5-13-11(14-12)9-16-2/h3,5,10H,4,6-9H2,1-2H3. The first-order chi connectivity index (χ1) is 8.31. The van der Waals surface area contributed by atoms with Gasteiger partial charge in [-0.25, -0.2) is 9.97 Å². The number of aromatic nitrogens is 2. The highest BCUT2D eigenvalue weighted by atomic mass is 32.2. The fourth-order valence-electron chi connectivity index (χ4n) is 1.98. The molecule has 0 radical (unpaired) electrons. The van der Waals surface area contributed by atoms with Gasteiger partial charge in [0, 0.05) is 31.6 Å². The first-order valence-electron chi connectivity index (χ1n) is 5.96. The van der Waals surface area contributed by atoms with E-state index in [0.717, 1.165) is 18.2 Å². The van der Waals surface area contributed by atoms with Crippen molar-refractivity contribution in [3.8, 4) is 0 Å². The van der Waals surface area contributed by atoms with Gasteiger partial charge in [0.25, 0.3) is 0 Å². The van der Waals surface area contributed by atoms with Gasteiger partial charge in [-0.3, -0.25) is 0 Å². The van der Waals surface area contributed by atoms with Gasteiger partial charge >= 0.3 is 0 Å². The first-order valence-corrected chi connectivity index (χ1v) is 7.12. The molecule has 1 fully saturated rings. The maximum atomic E-state index is 5.07. The molecule has 4 nitrogen and oxygen atoms in total. The third-order valence-electron chi connectivity index (χ3n) is 2.95. The predicted molar refractivity (Wildman–Crippen MR) is 71.5 cm³/mol. The van der Waals surface area contributed by atoms with Crippen molar-refractivity contribution in [1.29, 1.82) is 0 Å². The minimum Gasteiger partial charge on any atom is -0.377 e. The van der Waals surface area contributed by atoms with E-state index in [1.807, 2.05) is 24.0 Å². The zero-order valence-corrected chi connectivity index (χ0v) is 11.2. The molecular weight excluding hydrogens is 234 g/mol. The van der Waals surface area contributed by atoms with E-state index in [9.17, 15) is 0 Å². The summed E-state index contributed by atoms with van der Waals surface area (Å²) in [6.45, 7) is 3.81. The molecule has 94 valence electrons. The number of thioether (sulfide) groups is 1. The van der Waals surface area contributed by atoms with E-state index < -0.39 is 0 Å². The second-order valence-electron chi connectivity index (χ2n) is 4.21. The second kappa shape index (κ2) is 6.21. The lowest BCUT2D eigenvalue weighted by Crippen LogP contribution is -2.34. The molecule has 17 heavy (non-hydrogen) atoms. The Morgan fingerprint density at radius 2 is 2.41 bits per heavy atom. The molecule has 0 N–H and O–H groups in total. The summed E-state index contributed by atoms with van der Waals surface area (Å²) in [6.07, 6.45) is 3.04. The maximum absolute atomic E-state index is 5.07. The molecule has 1 aliphatic heterocycles. The third-order valence-corrected chi connectivity index (χ3v) is 3.94. The van der Waals surface area contributed by atoms with Crippen LogP contribution in [-0.2, 0) is 11.3 Å². The topological polar surface area (TPSA) is 38.2 Å². The summed E-state index contributed by atoms with van der Waals surface area (Å²) in [5.41, 5.74) is 0. The molecule has 2 rings (SSSR count). The molecule has 1 unspecified atom stereocenters. The van der Waals surface area contributed by atoms with Crippen LogP contribution in [0.25, 0.3) is 0 Å². The summed E-state index contributed by atoms with van der Waals surface area (Å²) in [6, 6.07) is 2.54. The number of methoxy groups -OCH3 is 1. The molecular formula is C12H19N3OS. The zero-order chi connectivity index (χ0) is 12.1. The predicted octanol–water partition coefficient (Wildman–Crippen LogP) is 1.95. The number of hydrogen-bond donors (Lipinski definition) is 0. The van der Waals surface area contributed by atoms with Gasteiger partial charge < -0.3 is 9.64 Å². The van der Waals surface area contributed by atoms with Crippen LogP contribution in [0.15, 0.2) is 12.3 Å². The van der Waals surface area contributed by atoms with Crippen LogP contribution in [0, 0.1) is 0 Å². The molecule has 0 aliphatic carbocycles. The van der Waals surface area contributed by atoms with Gasteiger partial charge in [0.1, 0.15) is 12.4 Å². The zero-order valence-electron chi connectivity index (χ0n) is 10.4. The first kappa shape index (κ1) is 12.6. The number of anilines is 1. The van der Waals surface area contributed by atoms with Gasteiger partial charge in [-0.05, 0) is 25.2 Å². The van der Waals surface area contributed by atoms with Gasteiger partial charge in [0.05, 0.1) is 0 Å². The Kier molecular flexibility index (Phi) is 4.62. The van der Waals surface area contributed by atoms with Crippen molar-refractivity contribution in [2.45, 2.75) is 26.0 Å². The van der Waals surface area contributed by atoms with Crippen LogP contribution in [0.5, 0.6) is 0 Å². The normalized spacial score (nSPS) is 21.3. The largest absolute Gasteiger partial charge is 0.377 e. The molecule has 0 saturated carbocycles. The molecule has 0 aromatic carbocycles. The minimum atomic E-state index is 0.477. The summed E-state index contributed by atoms with van der Waals surface area (Å²) in [5, 5.41) is 0. The number of nitrogens with zero attached hydrogens (tertiary/aromatic N) is 3. The molecule has 1 aliphatic rings. The van der Waals surface area contributed by atoms with Crippen molar-refractivity contribution in [1.82, 2.24) is 9.97 Å². The van der Waals surface area contributed by atoms with Crippen LogP contribution in [0.3, 0.4) is 0 Å². The summed E-state index contributed by atoms with van der Waals surface area (Å²) >= 11 is 2.02. The van der Waals surface area contributed by atoms with Gasteiger partial charge in [-0.15, -0.1) is 0 Å². The highest BCUT2D eigenvalue weighted by Crippen LogP contribution is 2.21. The summed E-state index contributed by atoms with van der Waals surface area (Å²) in [7, 11) is 1.67. The highest BCUT2D eigenvalue weighted by molar-refractivity contribution is 7.99. The lowest BCUT2D eigenvalue weighted by Gasteiger charge is -2.28. The van der Waals surface area contributed by atoms with E-state index >= 15 is 0 Å². The van der Waals surface area contributed by atoms with E-state index in [2.05, 4.69) is 21.8 Å². The van der Waals surface area contributed by atoms with Crippen molar-refractivity contribution in [2.24, 2.45) is 0 Å². The van der Waals surface area contributed by atoms with Gasteiger partial charge in [-0.1, -0.05) is 0 Å². The fraction of sp³-hybridized carbons (Fsp3) is 0.667. The monoisotopic (exact) mass is 253 g/mol. The van der Waals surface area contributed by atoms with Crippen LogP contribution in [0.4, 0.5) is 5.82 Å². The maximum Gasteiger partial charge on any atom is 0.156 e.